The summed E-state index contributed by atoms with van der Waals surface area (Å²) in [6.07, 6.45) is -0.937. The molecule has 35 heavy (non-hydrogen) atoms. The maximum atomic E-state index is 12.8. The van der Waals surface area contributed by atoms with E-state index in [2.05, 4.69) is 5.32 Å². The summed E-state index contributed by atoms with van der Waals surface area (Å²) in [5.41, 5.74) is -0.157. The van der Waals surface area contributed by atoms with Crippen molar-refractivity contribution in [2.45, 2.75) is 25.1 Å². The number of ether oxygens (including phenoxy) is 2. The number of nitrogens with one attached hydrogen (secondary N) is 1. The molecule has 0 bridgehead atoms. The molecule has 6 nitrogen and oxygen atoms in total. The van der Waals surface area contributed by atoms with Gasteiger partial charge >= 0.3 is 6.18 Å². The monoisotopic (exact) mass is 522 g/mol. The Labute approximate surface area is 209 Å². The van der Waals surface area contributed by atoms with Gasteiger partial charge in [-0.25, -0.2) is 0 Å². The first-order chi connectivity index (χ1) is 16.7. The maximum Gasteiger partial charge on any atom is 0.416 e. The number of hydrogen-bond donors (Lipinski definition) is 1. The zero-order valence-corrected chi connectivity index (χ0v) is 20.0. The fourth-order valence-electron chi connectivity index (χ4n) is 3.61. The zero-order chi connectivity index (χ0) is 25.0. The molecule has 0 spiro atoms. The summed E-state index contributed by atoms with van der Waals surface area (Å²) in [5.74, 6) is -0.417. The van der Waals surface area contributed by atoms with E-state index in [9.17, 15) is 22.8 Å². The molecule has 11 heteroatoms. The summed E-state index contributed by atoms with van der Waals surface area (Å²) in [4.78, 5) is 27.0. The Balaban J connectivity index is 1.35. The molecular weight excluding hydrogens is 501 g/mol. The summed E-state index contributed by atoms with van der Waals surface area (Å²) in [5, 5.41) is 2.39. The highest BCUT2D eigenvalue weighted by atomic mass is 32.2. The predicted octanol–water partition coefficient (Wildman–Crippen LogP) is 5.10. The van der Waals surface area contributed by atoms with Crippen LogP contribution in [-0.2, 0) is 20.5 Å². The van der Waals surface area contributed by atoms with Gasteiger partial charge in [-0.15, -0.1) is 0 Å². The molecule has 184 valence electrons. The number of thioether (sulfide) groups is 1. The number of nitrogens with zero attached hydrogens (tertiary/aromatic N) is 1. The molecule has 2 aromatic carbocycles. The second-order valence-corrected chi connectivity index (χ2v) is 9.59. The summed E-state index contributed by atoms with van der Waals surface area (Å²) in [6, 6.07) is 11.1. The van der Waals surface area contributed by atoms with Crippen LogP contribution in [0.2, 0.25) is 0 Å². The molecule has 1 N–H and O–H groups in total. The first-order valence-corrected chi connectivity index (χ1v) is 12.0. The molecule has 0 aliphatic carbocycles. The molecule has 2 aromatic rings. The summed E-state index contributed by atoms with van der Waals surface area (Å²) in [7, 11) is 0. The smallest absolute Gasteiger partial charge is 0.416 e. The normalized spacial score (nSPS) is 19.5. The number of alkyl halides is 3. The molecule has 0 aromatic heterocycles. The van der Waals surface area contributed by atoms with Gasteiger partial charge in [0, 0.05) is 12.3 Å². The molecule has 1 atom stereocenters. The quantitative estimate of drug-likeness (QED) is 0.403. The lowest BCUT2D eigenvalue weighted by atomic mass is 10.2. The van der Waals surface area contributed by atoms with Crippen molar-refractivity contribution < 1.29 is 32.2 Å². The zero-order valence-electron chi connectivity index (χ0n) is 18.3. The van der Waals surface area contributed by atoms with Crippen molar-refractivity contribution in [2.24, 2.45) is 0 Å². The number of thiocarbonyl (C=S) groups is 1. The Hall–Kier alpha value is -2.89. The fourth-order valence-corrected chi connectivity index (χ4v) is 4.89. The second kappa shape index (κ2) is 10.8. The van der Waals surface area contributed by atoms with Gasteiger partial charge in [-0.2, -0.15) is 13.2 Å². The molecule has 2 heterocycles. The Morgan fingerprint density at radius 2 is 2.06 bits per heavy atom. The molecule has 2 aliphatic heterocycles. The number of benzene rings is 2. The first kappa shape index (κ1) is 25.2. The van der Waals surface area contributed by atoms with Gasteiger partial charge in [0.1, 0.15) is 10.1 Å². The minimum Gasteiger partial charge on any atom is -0.484 e. The topological polar surface area (TPSA) is 67.9 Å². The number of amides is 2. The van der Waals surface area contributed by atoms with Gasteiger partial charge in [-0.3, -0.25) is 14.5 Å². The van der Waals surface area contributed by atoms with E-state index >= 15 is 0 Å². The van der Waals surface area contributed by atoms with Crippen LogP contribution in [0.3, 0.4) is 0 Å². The van der Waals surface area contributed by atoms with Crippen LogP contribution in [0.4, 0.5) is 18.9 Å². The molecular formula is C24H21F3N2O4S2. The average Bonchev–Trinajstić information content (AvgIpc) is 3.42. The van der Waals surface area contributed by atoms with Crippen molar-refractivity contribution >= 4 is 51.9 Å². The Kier molecular flexibility index (Phi) is 7.78. The van der Waals surface area contributed by atoms with Crippen molar-refractivity contribution in [2.75, 3.05) is 25.1 Å². The second-order valence-electron chi connectivity index (χ2n) is 7.92. The molecule has 4 rings (SSSR count). The lowest BCUT2D eigenvalue weighted by molar-refractivity contribution is -0.137. The highest BCUT2D eigenvalue weighted by molar-refractivity contribution is 8.26. The van der Waals surface area contributed by atoms with Crippen LogP contribution in [0.15, 0.2) is 53.4 Å². The predicted molar refractivity (Wildman–Crippen MR) is 131 cm³/mol. The molecule has 0 radical (unpaired) electrons. The summed E-state index contributed by atoms with van der Waals surface area (Å²) in [6.45, 7) is 0.732. The van der Waals surface area contributed by atoms with Gasteiger partial charge in [0.25, 0.3) is 11.8 Å². The van der Waals surface area contributed by atoms with Crippen LogP contribution in [-0.4, -0.2) is 46.9 Å². The third kappa shape index (κ3) is 6.62. The maximum absolute atomic E-state index is 12.8. The van der Waals surface area contributed by atoms with Crippen LogP contribution in [0, 0.1) is 0 Å². The van der Waals surface area contributed by atoms with Gasteiger partial charge in [-0.05, 0) is 54.8 Å². The van der Waals surface area contributed by atoms with Crippen LogP contribution in [0.5, 0.6) is 5.75 Å². The number of anilines is 1. The third-order valence-electron chi connectivity index (χ3n) is 5.28. The third-order valence-corrected chi connectivity index (χ3v) is 6.66. The van der Waals surface area contributed by atoms with Gasteiger partial charge in [0.05, 0.1) is 23.1 Å². The molecule has 2 amide bonds. The van der Waals surface area contributed by atoms with Gasteiger partial charge in [0.15, 0.2) is 6.61 Å². The van der Waals surface area contributed by atoms with Crippen LogP contribution >= 0.6 is 24.0 Å². The van der Waals surface area contributed by atoms with E-state index in [0.29, 0.717) is 33.7 Å². The van der Waals surface area contributed by atoms with E-state index < -0.39 is 24.3 Å². The standard InChI is InChI=1S/C24H21F3N2O4S2/c25-24(26,27)16-5-2-6-17(12-16)28-21(30)14-33-18-7-1-4-15(10-18)11-20-22(31)29(23(34)35-20)13-19-8-3-9-32-19/h1-2,4-7,10-12,19H,3,8-9,13-14H2,(H,28,30)/b20-11-/t19-/m0/s1. The highest BCUT2D eigenvalue weighted by Gasteiger charge is 2.34. The fraction of sp³-hybridized carbons (Fsp3) is 0.292. The van der Waals surface area contributed by atoms with Gasteiger partial charge in [0.2, 0.25) is 0 Å². The average molecular weight is 523 g/mol. The van der Waals surface area contributed by atoms with E-state index in [1.54, 1.807) is 35.2 Å². The molecule has 2 fully saturated rings. The van der Waals surface area contributed by atoms with Crippen LogP contribution in [0.1, 0.15) is 24.0 Å². The van der Waals surface area contributed by atoms with Crippen molar-refractivity contribution in [1.29, 1.82) is 0 Å². The van der Waals surface area contributed by atoms with E-state index in [-0.39, 0.29) is 17.7 Å². The highest BCUT2D eigenvalue weighted by Crippen LogP contribution is 2.34. The Morgan fingerprint density at radius 3 is 2.80 bits per heavy atom. The largest absolute Gasteiger partial charge is 0.484 e. The van der Waals surface area contributed by atoms with Crippen molar-refractivity contribution in [3.05, 3.63) is 64.6 Å². The minimum atomic E-state index is -4.50. The Morgan fingerprint density at radius 1 is 1.26 bits per heavy atom. The van der Waals surface area contributed by atoms with E-state index in [1.165, 1.54) is 23.9 Å². The molecule has 0 unspecified atom stereocenters. The molecule has 2 aliphatic rings. The number of hydrogen-bond acceptors (Lipinski definition) is 6. The number of rotatable bonds is 7. The Bertz CT molecular complexity index is 1160. The summed E-state index contributed by atoms with van der Waals surface area (Å²) >= 11 is 6.58. The van der Waals surface area contributed by atoms with Crippen LogP contribution < -0.4 is 10.1 Å². The molecule has 2 saturated heterocycles. The number of halogens is 3. The van der Waals surface area contributed by atoms with E-state index in [0.717, 1.165) is 25.0 Å². The number of carbonyl (C=O) groups excluding carboxylic acids is 2. The lowest BCUT2D eigenvalue weighted by Crippen LogP contribution is -2.35. The van der Waals surface area contributed by atoms with Crippen LogP contribution in [0.25, 0.3) is 6.08 Å². The minimum absolute atomic E-state index is 0.00402. The van der Waals surface area contributed by atoms with Crippen molar-refractivity contribution in [3.63, 3.8) is 0 Å². The molecule has 0 saturated carbocycles. The van der Waals surface area contributed by atoms with E-state index in [1.807, 2.05) is 0 Å². The van der Waals surface area contributed by atoms with Gasteiger partial charge < -0.3 is 14.8 Å². The van der Waals surface area contributed by atoms with Gasteiger partial charge in [-0.1, -0.05) is 42.2 Å². The SMILES string of the molecule is O=C(COc1cccc(/C=C2\SC(=S)N(C[C@@H]3CCCO3)C2=O)c1)Nc1cccc(C(F)(F)F)c1. The van der Waals surface area contributed by atoms with Crippen molar-refractivity contribution in [3.8, 4) is 5.75 Å². The lowest BCUT2D eigenvalue weighted by Gasteiger charge is -2.18. The van der Waals surface area contributed by atoms with E-state index in [4.69, 9.17) is 21.7 Å². The first-order valence-electron chi connectivity index (χ1n) is 10.8. The summed E-state index contributed by atoms with van der Waals surface area (Å²) < 4.78 is 50.1. The van der Waals surface area contributed by atoms with Crippen molar-refractivity contribution in [1.82, 2.24) is 4.90 Å². The number of carbonyl (C=O) groups is 2.